The summed E-state index contributed by atoms with van der Waals surface area (Å²) in [5.74, 6) is 0.118. The molecular weight excluding hydrogens is 260 g/mol. The Hall–Kier alpha value is -1.22. The molecule has 1 aromatic rings. The number of nitrogens with two attached hydrogens (primary N) is 1. The Balaban J connectivity index is 0.00000180. The molecule has 106 valence electrons. The lowest BCUT2D eigenvalue weighted by Gasteiger charge is -2.38. The molecule has 1 aromatic carbocycles. The van der Waals surface area contributed by atoms with Gasteiger partial charge >= 0.3 is 0 Å². The summed E-state index contributed by atoms with van der Waals surface area (Å²) in [4.78, 5) is 14.5. The maximum absolute atomic E-state index is 12.5. The molecule has 19 heavy (non-hydrogen) atoms. The van der Waals surface area contributed by atoms with Crippen LogP contribution in [-0.2, 0) is 0 Å². The molecule has 4 heteroatoms. The van der Waals surface area contributed by atoms with Crippen LogP contribution in [0.25, 0.3) is 0 Å². The van der Waals surface area contributed by atoms with Crippen molar-refractivity contribution in [2.24, 2.45) is 5.41 Å². The summed E-state index contributed by atoms with van der Waals surface area (Å²) in [5.41, 5.74) is 8.40. The summed E-state index contributed by atoms with van der Waals surface area (Å²) in [6.45, 7) is 8.09. The van der Waals surface area contributed by atoms with Gasteiger partial charge in [0.1, 0.15) is 0 Å². The quantitative estimate of drug-likeness (QED) is 0.804. The van der Waals surface area contributed by atoms with Crippen LogP contribution in [0.3, 0.4) is 0 Å². The van der Waals surface area contributed by atoms with Crippen molar-refractivity contribution in [2.45, 2.75) is 33.6 Å². The van der Waals surface area contributed by atoms with Gasteiger partial charge < -0.3 is 10.6 Å². The minimum Gasteiger partial charge on any atom is -0.399 e. The van der Waals surface area contributed by atoms with Crippen molar-refractivity contribution >= 4 is 24.0 Å². The number of piperidine rings is 1. The molecule has 1 aliphatic rings. The molecule has 0 bridgehead atoms. The Morgan fingerprint density at radius 3 is 2.68 bits per heavy atom. The predicted octanol–water partition coefficient (Wildman–Crippen LogP) is 3.26. The second-order valence-corrected chi connectivity index (χ2v) is 6.07. The van der Waals surface area contributed by atoms with Crippen molar-refractivity contribution in [3.8, 4) is 0 Å². The van der Waals surface area contributed by atoms with Crippen LogP contribution in [0.4, 0.5) is 5.69 Å². The number of aryl methyl sites for hydroxylation is 1. The number of carbonyl (C=O) groups is 1. The van der Waals surface area contributed by atoms with E-state index in [1.54, 1.807) is 6.07 Å². The van der Waals surface area contributed by atoms with E-state index >= 15 is 0 Å². The van der Waals surface area contributed by atoms with E-state index in [1.165, 1.54) is 6.42 Å². The number of carbonyl (C=O) groups excluding carboxylic acids is 1. The zero-order valence-electron chi connectivity index (χ0n) is 11.9. The topological polar surface area (TPSA) is 46.3 Å². The van der Waals surface area contributed by atoms with Gasteiger partial charge in [0.05, 0.1) is 0 Å². The van der Waals surface area contributed by atoms with Gasteiger partial charge in [-0.05, 0) is 42.9 Å². The Morgan fingerprint density at radius 2 is 2.05 bits per heavy atom. The van der Waals surface area contributed by atoms with Gasteiger partial charge in [0.2, 0.25) is 0 Å². The van der Waals surface area contributed by atoms with E-state index in [0.717, 1.165) is 30.6 Å². The van der Waals surface area contributed by atoms with Crippen LogP contribution in [0.15, 0.2) is 18.2 Å². The predicted molar refractivity (Wildman–Crippen MR) is 81.8 cm³/mol. The maximum atomic E-state index is 12.5. The zero-order valence-corrected chi connectivity index (χ0v) is 12.7. The second-order valence-electron chi connectivity index (χ2n) is 6.07. The summed E-state index contributed by atoms with van der Waals surface area (Å²) >= 11 is 0. The van der Waals surface area contributed by atoms with Crippen LogP contribution >= 0.6 is 12.4 Å². The summed E-state index contributed by atoms with van der Waals surface area (Å²) < 4.78 is 0. The van der Waals surface area contributed by atoms with Crippen molar-refractivity contribution in [1.82, 2.24) is 4.90 Å². The third-order valence-electron chi connectivity index (χ3n) is 3.68. The molecule has 1 heterocycles. The lowest BCUT2D eigenvalue weighted by Crippen LogP contribution is -2.43. The van der Waals surface area contributed by atoms with E-state index in [2.05, 4.69) is 13.8 Å². The van der Waals surface area contributed by atoms with Crippen molar-refractivity contribution in [3.63, 3.8) is 0 Å². The number of nitrogen functional groups attached to an aromatic ring is 1. The number of halogens is 1. The van der Waals surface area contributed by atoms with Crippen LogP contribution in [0.5, 0.6) is 0 Å². The first kappa shape index (κ1) is 15.8. The summed E-state index contributed by atoms with van der Waals surface area (Å²) in [5, 5.41) is 0. The first-order chi connectivity index (χ1) is 8.39. The van der Waals surface area contributed by atoms with Crippen LogP contribution < -0.4 is 5.73 Å². The summed E-state index contributed by atoms with van der Waals surface area (Å²) in [7, 11) is 0. The monoisotopic (exact) mass is 282 g/mol. The molecule has 0 saturated carbocycles. The maximum Gasteiger partial charge on any atom is 0.254 e. The number of nitrogens with zero attached hydrogens (tertiary/aromatic N) is 1. The molecular formula is C15H23ClN2O. The van der Waals surface area contributed by atoms with Gasteiger partial charge in [-0.2, -0.15) is 0 Å². The normalized spacial score (nSPS) is 17.7. The standard InChI is InChI=1S/C15H22N2O.ClH/c1-11-5-6-12(16)9-13(11)14(18)17-8-4-7-15(2,3)10-17;/h5-6,9H,4,7-8,10,16H2,1-3H3;1H. The van der Waals surface area contributed by atoms with Gasteiger partial charge in [0, 0.05) is 24.3 Å². The third-order valence-corrected chi connectivity index (χ3v) is 3.68. The number of hydrogen-bond acceptors (Lipinski definition) is 2. The van der Waals surface area contributed by atoms with Gasteiger partial charge in [0.25, 0.3) is 5.91 Å². The van der Waals surface area contributed by atoms with E-state index in [-0.39, 0.29) is 23.7 Å². The average molecular weight is 283 g/mol. The van der Waals surface area contributed by atoms with Crippen molar-refractivity contribution in [3.05, 3.63) is 29.3 Å². The summed E-state index contributed by atoms with van der Waals surface area (Å²) in [6.07, 6.45) is 2.27. The van der Waals surface area contributed by atoms with Crippen molar-refractivity contribution in [1.29, 1.82) is 0 Å². The molecule has 2 rings (SSSR count). The van der Waals surface area contributed by atoms with E-state index in [0.29, 0.717) is 5.69 Å². The number of rotatable bonds is 1. The van der Waals surface area contributed by atoms with Crippen LogP contribution in [0.2, 0.25) is 0 Å². The number of likely N-dealkylation sites (tertiary alicyclic amines) is 1. The van der Waals surface area contributed by atoms with Crippen LogP contribution in [0.1, 0.15) is 42.6 Å². The molecule has 2 N–H and O–H groups in total. The highest BCUT2D eigenvalue weighted by Gasteiger charge is 2.30. The van der Waals surface area contributed by atoms with E-state index < -0.39 is 0 Å². The van der Waals surface area contributed by atoms with Gasteiger partial charge in [-0.15, -0.1) is 12.4 Å². The van der Waals surface area contributed by atoms with Gasteiger partial charge in [0.15, 0.2) is 0 Å². The Bertz CT molecular complexity index is 471. The highest BCUT2D eigenvalue weighted by Crippen LogP contribution is 2.29. The first-order valence-electron chi connectivity index (χ1n) is 6.54. The van der Waals surface area contributed by atoms with E-state index in [9.17, 15) is 4.79 Å². The molecule has 0 radical (unpaired) electrons. The zero-order chi connectivity index (χ0) is 13.3. The third kappa shape index (κ3) is 3.63. The average Bonchev–Trinajstić information content (AvgIpc) is 2.30. The number of amides is 1. The fourth-order valence-corrected chi connectivity index (χ4v) is 2.64. The van der Waals surface area contributed by atoms with Gasteiger partial charge in [-0.1, -0.05) is 19.9 Å². The van der Waals surface area contributed by atoms with Crippen molar-refractivity contribution in [2.75, 3.05) is 18.8 Å². The lowest BCUT2D eigenvalue weighted by molar-refractivity contribution is 0.0583. The Kier molecular flexibility index (Phi) is 4.86. The minimum absolute atomic E-state index is 0. The second kappa shape index (κ2) is 5.83. The van der Waals surface area contributed by atoms with Gasteiger partial charge in [-0.3, -0.25) is 4.79 Å². The smallest absolute Gasteiger partial charge is 0.254 e. The highest BCUT2D eigenvalue weighted by molar-refractivity contribution is 5.96. The molecule has 0 aliphatic carbocycles. The van der Waals surface area contributed by atoms with Crippen LogP contribution in [0, 0.1) is 12.3 Å². The molecule has 0 atom stereocenters. The summed E-state index contributed by atoms with van der Waals surface area (Å²) in [6, 6.07) is 5.54. The highest BCUT2D eigenvalue weighted by atomic mass is 35.5. The minimum atomic E-state index is 0. The van der Waals surface area contributed by atoms with Crippen molar-refractivity contribution < 1.29 is 4.79 Å². The molecule has 1 amide bonds. The molecule has 0 unspecified atom stereocenters. The number of hydrogen-bond donors (Lipinski definition) is 1. The van der Waals surface area contributed by atoms with Gasteiger partial charge in [-0.25, -0.2) is 0 Å². The molecule has 0 aromatic heterocycles. The van der Waals surface area contributed by atoms with E-state index in [4.69, 9.17) is 5.73 Å². The largest absolute Gasteiger partial charge is 0.399 e. The Labute approximate surface area is 121 Å². The molecule has 1 saturated heterocycles. The number of anilines is 1. The first-order valence-corrected chi connectivity index (χ1v) is 6.54. The number of benzene rings is 1. The fraction of sp³-hybridized carbons (Fsp3) is 0.533. The van der Waals surface area contributed by atoms with Crippen LogP contribution in [-0.4, -0.2) is 23.9 Å². The molecule has 0 spiro atoms. The molecule has 3 nitrogen and oxygen atoms in total. The SMILES string of the molecule is Cc1ccc(N)cc1C(=O)N1CCCC(C)(C)C1.Cl. The Morgan fingerprint density at radius 1 is 1.37 bits per heavy atom. The molecule has 1 fully saturated rings. The van der Waals surface area contributed by atoms with E-state index in [1.807, 2.05) is 24.0 Å². The fourth-order valence-electron chi connectivity index (χ4n) is 2.64. The lowest BCUT2D eigenvalue weighted by atomic mass is 9.84. The molecule has 1 aliphatic heterocycles.